The second kappa shape index (κ2) is 12.7. The lowest BCUT2D eigenvalue weighted by molar-refractivity contribution is 0.0689. The Morgan fingerprint density at radius 2 is 1.78 bits per heavy atom. The molecule has 23 heavy (non-hydrogen) atoms. The fourth-order valence-electron chi connectivity index (χ4n) is 1.93. The second-order valence-electron chi connectivity index (χ2n) is 5.01. The van der Waals surface area contributed by atoms with E-state index in [1.807, 2.05) is 24.3 Å². The van der Waals surface area contributed by atoms with Crippen molar-refractivity contribution in [2.24, 2.45) is 4.99 Å². The normalized spacial score (nSPS) is 11.3. The Balaban J connectivity index is 2.12. The van der Waals surface area contributed by atoms with Gasteiger partial charge >= 0.3 is 0 Å². The molecule has 0 aliphatic heterocycles. The molecule has 0 bridgehead atoms. The van der Waals surface area contributed by atoms with Gasteiger partial charge in [-0.2, -0.15) is 0 Å². The van der Waals surface area contributed by atoms with Gasteiger partial charge < -0.3 is 24.8 Å². The number of nitrogens with one attached hydrogen (secondary N) is 2. The van der Waals surface area contributed by atoms with Crippen LogP contribution in [0.5, 0.6) is 5.75 Å². The number of nitrogens with zero attached hydrogens (tertiary/aromatic N) is 1. The fourth-order valence-corrected chi connectivity index (χ4v) is 1.93. The van der Waals surface area contributed by atoms with E-state index >= 15 is 0 Å². The molecule has 1 aromatic rings. The van der Waals surface area contributed by atoms with Crippen LogP contribution in [0.4, 0.5) is 0 Å². The minimum Gasteiger partial charge on any atom is -0.497 e. The number of aliphatic imine (C=N–C) groups is 1. The van der Waals surface area contributed by atoms with E-state index in [9.17, 15) is 0 Å². The first kappa shape index (κ1) is 19.3. The summed E-state index contributed by atoms with van der Waals surface area (Å²) in [5.41, 5.74) is 1.18. The van der Waals surface area contributed by atoms with Crippen LogP contribution in [-0.4, -0.2) is 53.6 Å². The Kier molecular flexibility index (Phi) is 10.7. The molecule has 0 atom stereocenters. The maximum absolute atomic E-state index is 5.42. The number of methoxy groups -OCH3 is 2. The monoisotopic (exact) mass is 323 g/mol. The van der Waals surface area contributed by atoms with Crippen LogP contribution in [0.1, 0.15) is 18.4 Å². The molecule has 0 unspecified atom stereocenters. The van der Waals surface area contributed by atoms with Crippen LogP contribution in [0.2, 0.25) is 0 Å². The average Bonchev–Trinajstić information content (AvgIpc) is 2.60. The number of rotatable bonds is 11. The summed E-state index contributed by atoms with van der Waals surface area (Å²) >= 11 is 0. The molecule has 130 valence electrons. The highest BCUT2D eigenvalue weighted by Crippen LogP contribution is 2.10. The molecule has 0 radical (unpaired) electrons. The predicted molar refractivity (Wildman–Crippen MR) is 93.1 cm³/mol. The maximum atomic E-state index is 5.42. The fraction of sp³-hybridized carbons (Fsp3) is 0.588. The van der Waals surface area contributed by atoms with Gasteiger partial charge in [-0.25, -0.2) is 0 Å². The molecule has 6 heteroatoms. The lowest BCUT2D eigenvalue weighted by Crippen LogP contribution is -2.37. The van der Waals surface area contributed by atoms with E-state index in [-0.39, 0.29) is 0 Å². The summed E-state index contributed by atoms with van der Waals surface area (Å²) in [5.74, 6) is 1.67. The Bertz CT molecular complexity index is 435. The van der Waals surface area contributed by atoms with E-state index in [1.165, 1.54) is 5.56 Å². The quantitative estimate of drug-likeness (QED) is 0.369. The van der Waals surface area contributed by atoms with Crippen molar-refractivity contribution < 1.29 is 14.2 Å². The van der Waals surface area contributed by atoms with E-state index in [0.717, 1.165) is 44.2 Å². The number of hydrogen-bond acceptors (Lipinski definition) is 4. The van der Waals surface area contributed by atoms with Crippen molar-refractivity contribution >= 4 is 5.96 Å². The average molecular weight is 323 g/mol. The molecule has 0 amide bonds. The zero-order valence-electron chi connectivity index (χ0n) is 14.4. The molecule has 0 saturated heterocycles. The predicted octanol–water partition coefficient (Wildman–Crippen LogP) is 1.80. The van der Waals surface area contributed by atoms with Gasteiger partial charge in [0.15, 0.2) is 5.96 Å². The van der Waals surface area contributed by atoms with Crippen molar-refractivity contribution in [1.82, 2.24) is 10.6 Å². The molecule has 0 saturated carbocycles. The number of hydrogen-bond donors (Lipinski definition) is 2. The Labute approximate surface area is 139 Å². The zero-order valence-corrected chi connectivity index (χ0v) is 14.4. The number of ether oxygens (including phenoxy) is 3. The molecule has 6 nitrogen and oxygen atoms in total. The van der Waals surface area contributed by atoms with Gasteiger partial charge in [0.05, 0.1) is 20.3 Å². The highest BCUT2D eigenvalue weighted by Gasteiger charge is 1.99. The van der Waals surface area contributed by atoms with E-state index in [1.54, 1.807) is 21.3 Å². The molecule has 0 fully saturated rings. The minimum atomic E-state index is 0.653. The van der Waals surface area contributed by atoms with Crippen LogP contribution in [0.25, 0.3) is 0 Å². The first-order valence-corrected chi connectivity index (χ1v) is 7.94. The zero-order chi connectivity index (χ0) is 16.8. The van der Waals surface area contributed by atoms with Gasteiger partial charge in [0.2, 0.25) is 0 Å². The first-order chi connectivity index (χ1) is 11.3. The summed E-state index contributed by atoms with van der Waals surface area (Å²) in [6, 6.07) is 7.99. The molecule has 0 aliphatic rings. The molecule has 0 heterocycles. The number of benzene rings is 1. The van der Waals surface area contributed by atoms with E-state index < -0.39 is 0 Å². The lowest BCUT2D eigenvalue weighted by Gasteiger charge is -2.12. The van der Waals surface area contributed by atoms with Gasteiger partial charge in [0.1, 0.15) is 5.75 Å². The van der Waals surface area contributed by atoms with Crippen LogP contribution in [0, 0.1) is 0 Å². The standard InChI is InChI=1S/C17H29N3O3/c1-18-17(19-10-4-5-11-23-13-12-21-2)20-14-15-6-8-16(22-3)9-7-15/h6-9H,4-5,10-14H2,1-3H3,(H2,18,19,20). The third-order valence-corrected chi connectivity index (χ3v) is 3.28. The van der Waals surface area contributed by atoms with Crippen molar-refractivity contribution in [3.8, 4) is 5.75 Å². The second-order valence-corrected chi connectivity index (χ2v) is 5.01. The lowest BCUT2D eigenvalue weighted by atomic mass is 10.2. The Hall–Kier alpha value is -1.79. The maximum Gasteiger partial charge on any atom is 0.191 e. The van der Waals surface area contributed by atoms with Gasteiger partial charge in [-0.05, 0) is 30.5 Å². The third kappa shape index (κ3) is 9.05. The molecule has 1 aromatic carbocycles. The number of unbranched alkanes of at least 4 members (excludes halogenated alkanes) is 1. The molecular weight excluding hydrogens is 294 g/mol. The summed E-state index contributed by atoms with van der Waals surface area (Å²) in [6.45, 7) is 3.68. The minimum absolute atomic E-state index is 0.653. The van der Waals surface area contributed by atoms with Crippen LogP contribution in [-0.2, 0) is 16.0 Å². The molecule has 1 rings (SSSR count). The van der Waals surface area contributed by atoms with E-state index in [4.69, 9.17) is 14.2 Å². The molecule has 0 aliphatic carbocycles. The van der Waals surface area contributed by atoms with Crippen molar-refractivity contribution in [3.63, 3.8) is 0 Å². The van der Waals surface area contributed by atoms with Crippen molar-refractivity contribution in [1.29, 1.82) is 0 Å². The summed E-state index contributed by atoms with van der Waals surface area (Å²) in [6.07, 6.45) is 2.06. The summed E-state index contributed by atoms with van der Waals surface area (Å²) in [5, 5.41) is 6.59. The summed E-state index contributed by atoms with van der Waals surface area (Å²) in [7, 11) is 5.12. The van der Waals surface area contributed by atoms with Gasteiger partial charge in [-0.3, -0.25) is 4.99 Å². The van der Waals surface area contributed by atoms with E-state index in [0.29, 0.717) is 13.2 Å². The Morgan fingerprint density at radius 3 is 2.43 bits per heavy atom. The smallest absolute Gasteiger partial charge is 0.191 e. The highest BCUT2D eigenvalue weighted by atomic mass is 16.5. The number of guanidine groups is 1. The SMILES string of the molecule is CN=C(NCCCCOCCOC)NCc1ccc(OC)cc1. The van der Waals surface area contributed by atoms with Crippen molar-refractivity contribution in [2.75, 3.05) is 47.6 Å². The topological polar surface area (TPSA) is 64.1 Å². The van der Waals surface area contributed by atoms with Crippen molar-refractivity contribution in [3.05, 3.63) is 29.8 Å². The largest absolute Gasteiger partial charge is 0.497 e. The third-order valence-electron chi connectivity index (χ3n) is 3.28. The van der Waals surface area contributed by atoms with Crippen LogP contribution in [0.15, 0.2) is 29.3 Å². The van der Waals surface area contributed by atoms with Gasteiger partial charge in [0.25, 0.3) is 0 Å². The van der Waals surface area contributed by atoms with Gasteiger partial charge in [-0.1, -0.05) is 12.1 Å². The summed E-state index contributed by atoms with van der Waals surface area (Å²) < 4.78 is 15.5. The molecular formula is C17H29N3O3. The highest BCUT2D eigenvalue weighted by molar-refractivity contribution is 5.79. The van der Waals surface area contributed by atoms with Gasteiger partial charge in [-0.15, -0.1) is 0 Å². The molecule has 0 spiro atoms. The van der Waals surface area contributed by atoms with Gasteiger partial charge in [0, 0.05) is 33.9 Å². The van der Waals surface area contributed by atoms with Crippen LogP contribution < -0.4 is 15.4 Å². The van der Waals surface area contributed by atoms with Crippen molar-refractivity contribution in [2.45, 2.75) is 19.4 Å². The van der Waals surface area contributed by atoms with Crippen LogP contribution >= 0.6 is 0 Å². The summed E-state index contributed by atoms with van der Waals surface area (Å²) in [4.78, 5) is 4.22. The molecule has 2 N–H and O–H groups in total. The van der Waals surface area contributed by atoms with E-state index in [2.05, 4.69) is 15.6 Å². The molecule has 0 aromatic heterocycles. The van der Waals surface area contributed by atoms with Crippen LogP contribution in [0.3, 0.4) is 0 Å². The Morgan fingerprint density at radius 1 is 1.00 bits per heavy atom. The first-order valence-electron chi connectivity index (χ1n) is 7.94.